The predicted octanol–water partition coefficient (Wildman–Crippen LogP) is 5.44. The number of allylic oxidation sites excluding steroid dienone is 2. The van der Waals surface area contributed by atoms with Crippen molar-refractivity contribution in [3.63, 3.8) is 0 Å². The van der Waals surface area contributed by atoms with Gasteiger partial charge in [0.1, 0.15) is 0 Å². The number of rotatable bonds is 7. The molecule has 0 aromatic heterocycles. The fourth-order valence-corrected chi connectivity index (χ4v) is 2.53. The molecule has 0 bridgehead atoms. The van der Waals surface area contributed by atoms with Crippen LogP contribution in [0.2, 0.25) is 0 Å². The molecule has 0 aliphatic heterocycles. The number of hydrogen-bond donors (Lipinski definition) is 2. The van der Waals surface area contributed by atoms with Crippen LogP contribution in [0.4, 0.5) is 5.69 Å². The Labute approximate surface area is 175 Å². The first kappa shape index (κ1) is 23.9. The first-order chi connectivity index (χ1) is 13.7. The van der Waals surface area contributed by atoms with Crippen molar-refractivity contribution in [2.45, 2.75) is 34.6 Å². The van der Waals surface area contributed by atoms with Gasteiger partial charge in [0, 0.05) is 35.9 Å². The number of aliphatic imine (C=N–C) groups is 1. The first-order valence-corrected chi connectivity index (χ1v) is 9.66. The zero-order valence-corrected chi connectivity index (χ0v) is 18.5. The molecule has 0 unspecified atom stereocenters. The number of nitrogens with zero attached hydrogens (tertiary/aromatic N) is 1. The van der Waals surface area contributed by atoms with Crippen LogP contribution < -0.4 is 10.6 Å². The molecular weight excluding hydrogens is 358 g/mol. The third-order valence-corrected chi connectivity index (χ3v) is 4.06. The number of anilines is 1. The van der Waals surface area contributed by atoms with Crippen LogP contribution in [0.25, 0.3) is 0 Å². The Bertz CT molecular complexity index is 877. The Balaban J connectivity index is 0.000000326. The van der Waals surface area contributed by atoms with Crippen LogP contribution in [0.5, 0.6) is 0 Å². The van der Waals surface area contributed by atoms with Crippen LogP contribution in [-0.4, -0.2) is 25.1 Å². The SMILES string of the molecule is C=C(C)N/C(=C\C(C)=O)CNc1cccc(C)c1.CN=C(C)c1ccc(C)cc1. The Morgan fingerprint density at radius 1 is 1.03 bits per heavy atom. The molecule has 4 nitrogen and oxygen atoms in total. The molecule has 4 heteroatoms. The fraction of sp³-hybridized carbons (Fsp3) is 0.280. The van der Waals surface area contributed by atoms with Gasteiger partial charge in [-0.15, -0.1) is 0 Å². The summed E-state index contributed by atoms with van der Waals surface area (Å²) in [5.74, 6) is 0.0183. The van der Waals surface area contributed by atoms with Crippen molar-refractivity contribution in [3.05, 3.63) is 89.3 Å². The maximum absolute atomic E-state index is 11.1. The van der Waals surface area contributed by atoms with Crippen LogP contribution in [0, 0.1) is 13.8 Å². The van der Waals surface area contributed by atoms with Crippen molar-refractivity contribution >= 4 is 17.2 Å². The quantitative estimate of drug-likeness (QED) is 0.488. The van der Waals surface area contributed by atoms with Crippen molar-refractivity contribution in [3.8, 4) is 0 Å². The summed E-state index contributed by atoms with van der Waals surface area (Å²) in [6, 6.07) is 16.5. The molecule has 0 atom stereocenters. The van der Waals surface area contributed by atoms with E-state index in [2.05, 4.69) is 59.5 Å². The van der Waals surface area contributed by atoms with Gasteiger partial charge in [-0.1, -0.05) is 48.5 Å². The number of benzene rings is 2. The molecule has 0 fully saturated rings. The maximum Gasteiger partial charge on any atom is 0.154 e. The summed E-state index contributed by atoms with van der Waals surface area (Å²) in [4.78, 5) is 15.2. The molecule has 2 aromatic rings. The van der Waals surface area contributed by atoms with Gasteiger partial charge in [0.25, 0.3) is 0 Å². The van der Waals surface area contributed by atoms with E-state index < -0.39 is 0 Å². The zero-order valence-electron chi connectivity index (χ0n) is 18.5. The number of aryl methyl sites for hydroxylation is 2. The van der Waals surface area contributed by atoms with Gasteiger partial charge in [-0.3, -0.25) is 9.79 Å². The van der Waals surface area contributed by atoms with Crippen LogP contribution >= 0.6 is 0 Å². The predicted molar refractivity (Wildman–Crippen MR) is 126 cm³/mol. The molecule has 0 aliphatic carbocycles. The zero-order chi connectivity index (χ0) is 21.8. The highest BCUT2D eigenvalue weighted by Crippen LogP contribution is 2.10. The average molecular weight is 392 g/mol. The lowest BCUT2D eigenvalue weighted by Crippen LogP contribution is -2.19. The minimum absolute atomic E-state index is 0.0183. The van der Waals surface area contributed by atoms with Crippen molar-refractivity contribution in [2.75, 3.05) is 18.9 Å². The fourth-order valence-electron chi connectivity index (χ4n) is 2.53. The summed E-state index contributed by atoms with van der Waals surface area (Å²) < 4.78 is 0. The van der Waals surface area contributed by atoms with Crippen molar-refractivity contribution in [2.24, 2.45) is 4.99 Å². The van der Waals surface area contributed by atoms with E-state index in [9.17, 15) is 4.79 Å². The lowest BCUT2D eigenvalue weighted by atomic mass is 10.1. The lowest BCUT2D eigenvalue weighted by Gasteiger charge is -2.12. The third kappa shape index (κ3) is 10.1. The molecule has 0 aliphatic rings. The Hall–Kier alpha value is -3.14. The summed E-state index contributed by atoms with van der Waals surface area (Å²) in [6.45, 7) is 13.9. The number of carbonyl (C=O) groups excluding carboxylic acids is 1. The second kappa shape index (κ2) is 12.3. The van der Waals surface area contributed by atoms with Gasteiger partial charge in [0.2, 0.25) is 0 Å². The maximum atomic E-state index is 11.1. The minimum atomic E-state index is 0.0183. The third-order valence-electron chi connectivity index (χ3n) is 4.06. The van der Waals surface area contributed by atoms with Gasteiger partial charge in [0.05, 0.1) is 6.54 Å². The molecule has 0 saturated heterocycles. The second-order valence-electron chi connectivity index (χ2n) is 7.08. The smallest absolute Gasteiger partial charge is 0.154 e. The van der Waals surface area contributed by atoms with E-state index in [1.165, 1.54) is 23.6 Å². The molecule has 0 saturated carbocycles. The van der Waals surface area contributed by atoms with Gasteiger partial charge in [-0.25, -0.2) is 0 Å². The molecule has 0 radical (unpaired) electrons. The lowest BCUT2D eigenvalue weighted by molar-refractivity contribution is -0.112. The Morgan fingerprint density at radius 2 is 1.69 bits per heavy atom. The van der Waals surface area contributed by atoms with Gasteiger partial charge < -0.3 is 10.6 Å². The normalized spacial score (nSPS) is 11.2. The molecule has 2 aromatic carbocycles. The Morgan fingerprint density at radius 3 is 2.21 bits per heavy atom. The van der Waals surface area contributed by atoms with E-state index in [0.29, 0.717) is 6.54 Å². The second-order valence-corrected chi connectivity index (χ2v) is 7.08. The van der Waals surface area contributed by atoms with Crippen LogP contribution in [-0.2, 0) is 4.79 Å². The number of hydrogen-bond acceptors (Lipinski definition) is 4. The highest BCUT2D eigenvalue weighted by molar-refractivity contribution is 5.98. The number of nitrogens with one attached hydrogen (secondary N) is 2. The monoisotopic (exact) mass is 391 g/mol. The van der Waals surface area contributed by atoms with E-state index in [0.717, 1.165) is 22.8 Å². The molecule has 29 heavy (non-hydrogen) atoms. The van der Waals surface area contributed by atoms with E-state index in [1.54, 1.807) is 6.08 Å². The molecule has 0 spiro atoms. The topological polar surface area (TPSA) is 53.5 Å². The summed E-state index contributed by atoms with van der Waals surface area (Å²) in [5, 5.41) is 6.35. The molecule has 0 heterocycles. The summed E-state index contributed by atoms with van der Waals surface area (Å²) in [6.07, 6.45) is 1.58. The molecule has 2 N–H and O–H groups in total. The van der Waals surface area contributed by atoms with Crippen molar-refractivity contribution in [1.29, 1.82) is 0 Å². The number of ketones is 1. The van der Waals surface area contributed by atoms with Gasteiger partial charge in [-0.2, -0.15) is 0 Å². The number of carbonyl (C=O) groups is 1. The largest absolute Gasteiger partial charge is 0.379 e. The van der Waals surface area contributed by atoms with Crippen LogP contribution in [0.3, 0.4) is 0 Å². The molecule has 0 amide bonds. The van der Waals surface area contributed by atoms with Gasteiger partial charge in [-0.05, 0) is 57.9 Å². The highest BCUT2D eigenvalue weighted by atomic mass is 16.1. The molecular formula is C25H33N3O. The average Bonchev–Trinajstić information content (AvgIpc) is 2.66. The Kier molecular flexibility index (Phi) is 10.2. The van der Waals surface area contributed by atoms with Crippen LogP contribution in [0.1, 0.15) is 37.5 Å². The molecule has 154 valence electrons. The van der Waals surface area contributed by atoms with Gasteiger partial charge >= 0.3 is 0 Å². The first-order valence-electron chi connectivity index (χ1n) is 9.66. The van der Waals surface area contributed by atoms with E-state index in [-0.39, 0.29) is 5.78 Å². The van der Waals surface area contributed by atoms with Gasteiger partial charge in [0.15, 0.2) is 5.78 Å². The van der Waals surface area contributed by atoms with E-state index in [1.807, 2.05) is 46.0 Å². The van der Waals surface area contributed by atoms with E-state index in [4.69, 9.17) is 0 Å². The minimum Gasteiger partial charge on any atom is -0.379 e. The van der Waals surface area contributed by atoms with Crippen molar-refractivity contribution < 1.29 is 4.79 Å². The van der Waals surface area contributed by atoms with Crippen LogP contribution in [0.15, 0.2) is 77.6 Å². The molecule has 2 rings (SSSR count). The van der Waals surface area contributed by atoms with Crippen molar-refractivity contribution in [1.82, 2.24) is 5.32 Å². The summed E-state index contributed by atoms with van der Waals surface area (Å²) in [7, 11) is 1.81. The highest BCUT2D eigenvalue weighted by Gasteiger charge is 2.00. The van der Waals surface area contributed by atoms with E-state index >= 15 is 0 Å². The summed E-state index contributed by atoms with van der Waals surface area (Å²) in [5.41, 5.74) is 7.45. The standard InChI is InChI=1S/C15H20N2O.C10H13N/c1-11(2)17-15(9-13(4)18)10-16-14-7-5-6-12(3)8-14;1-8-4-6-10(7-5-8)9(2)11-3/h5-9,16-17H,1,10H2,2-4H3;4-7H,1-3H3/b15-9-;. The summed E-state index contributed by atoms with van der Waals surface area (Å²) >= 11 is 0.